The van der Waals surface area contributed by atoms with Crippen molar-refractivity contribution in [3.63, 3.8) is 0 Å². The molecule has 0 aromatic heterocycles. The Labute approximate surface area is 112 Å². The van der Waals surface area contributed by atoms with Gasteiger partial charge < -0.3 is 14.6 Å². The van der Waals surface area contributed by atoms with E-state index in [2.05, 4.69) is 0 Å². The van der Waals surface area contributed by atoms with Crippen LogP contribution in [0.2, 0.25) is 0 Å². The molecule has 5 heteroatoms. The molecule has 104 valence electrons. The van der Waals surface area contributed by atoms with Gasteiger partial charge in [0.05, 0.1) is 0 Å². The topological polar surface area (TPSA) is 72.8 Å². The number of rotatable bonds is 5. The Morgan fingerprint density at radius 3 is 2.26 bits per heavy atom. The molecule has 0 aliphatic rings. The molecule has 0 saturated carbocycles. The second kappa shape index (κ2) is 6.22. The van der Waals surface area contributed by atoms with Gasteiger partial charge >= 0.3 is 11.9 Å². The monoisotopic (exact) mass is 266 g/mol. The largest absolute Gasteiger partial charge is 0.492 e. The van der Waals surface area contributed by atoms with E-state index in [1.165, 1.54) is 0 Å². The lowest BCUT2D eigenvalue weighted by Gasteiger charge is -2.22. The molecule has 1 atom stereocenters. The molecule has 0 saturated heterocycles. The highest BCUT2D eigenvalue weighted by molar-refractivity contribution is 5.94. The van der Waals surface area contributed by atoms with E-state index >= 15 is 0 Å². The molecule has 19 heavy (non-hydrogen) atoms. The predicted octanol–water partition coefficient (Wildman–Crippen LogP) is 2.11. The number of benzene rings is 1. The molecule has 0 heterocycles. The minimum atomic E-state index is -1.33. The van der Waals surface area contributed by atoms with E-state index in [-0.39, 0.29) is 6.61 Å². The van der Waals surface area contributed by atoms with Crippen LogP contribution in [0.4, 0.5) is 0 Å². The van der Waals surface area contributed by atoms with Gasteiger partial charge in [0.1, 0.15) is 18.0 Å². The third-order valence-corrected chi connectivity index (χ3v) is 2.15. The molecule has 0 aliphatic carbocycles. The Bertz CT molecular complexity index is 433. The first-order chi connectivity index (χ1) is 8.79. The summed E-state index contributed by atoms with van der Waals surface area (Å²) in [5.74, 6) is -2.88. The fraction of sp³-hybridized carbons (Fsp3) is 0.429. The summed E-state index contributed by atoms with van der Waals surface area (Å²) in [5.41, 5.74) is -0.725. The van der Waals surface area contributed by atoms with E-state index in [1.54, 1.807) is 45.0 Å². The average Bonchev–Trinajstić information content (AvgIpc) is 2.27. The average molecular weight is 266 g/mol. The number of hydrogen-bond acceptors (Lipinski definition) is 4. The summed E-state index contributed by atoms with van der Waals surface area (Å²) in [6, 6.07) is 8.72. The van der Waals surface area contributed by atoms with E-state index < -0.39 is 23.5 Å². The summed E-state index contributed by atoms with van der Waals surface area (Å²) in [7, 11) is 0. The number of para-hydroxylation sites is 1. The van der Waals surface area contributed by atoms with Gasteiger partial charge in [-0.25, -0.2) is 0 Å². The maximum absolute atomic E-state index is 11.7. The van der Waals surface area contributed by atoms with Gasteiger partial charge in [0.15, 0.2) is 5.92 Å². The fourth-order valence-corrected chi connectivity index (χ4v) is 1.31. The van der Waals surface area contributed by atoms with Gasteiger partial charge in [-0.2, -0.15) is 0 Å². The number of carboxylic acid groups (broad SMARTS) is 1. The van der Waals surface area contributed by atoms with E-state index in [4.69, 9.17) is 14.6 Å². The van der Waals surface area contributed by atoms with Crippen molar-refractivity contribution in [1.82, 2.24) is 0 Å². The molecular formula is C14H18O5. The second-order valence-electron chi connectivity index (χ2n) is 5.05. The SMILES string of the molecule is CC(C)(C)OC(=O)C(COc1ccccc1)C(=O)O. The highest BCUT2D eigenvalue weighted by atomic mass is 16.6. The molecule has 5 nitrogen and oxygen atoms in total. The van der Waals surface area contributed by atoms with Crippen molar-refractivity contribution < 1.29 is 24.2 Å². The minimum Gasteiger partial charge on any atom is -0.492 e. The van der Waals surface area contributed by atoms with Crippen LogP contribution in [0.25, 0.3) is 0 Å². The summed E-state index contributed by atoms with van der Waals surface area (Å²) < 4.78 is 10.3. The zero-order chi connectivity index (χ0) is 14.5. The third-order valence-electron chi connectivity index (χ3n) is 2.15. The van der Waals surface area contributed by atoms with Gasteiger partial charge in [-0.1, -0.05) is 18.2 Å². The van der Waals surface area contributed by atoms with Crippen molar-refractivity contribution in [3.8, 4) is 5.75 Å². The van der Waals surface area contributed by atoms with E-state index in [1.807, 2.05) is 6.07 Å². The van der Waals surface area contributed by atoms with E-state index in [9.17, 15) is 9.59 Å². The summed E-state index contributed by atoms with van der Waals surface area (Å²) in [6.07, 6.45) is 0. The lowest BCUT2D eigenvalue weighted by atomic mass is 10.1. The van der Waals surface area contributed by atoms with Crippen molar-refractivity contribution in [2.24, 2.45) is 5.92 Å². The van der Waals surface area contributed by atoms with Gasteiger partial charge in [0.25, 0.3) is 0 Å². The van der Waals surface area contributed by atoms with Crippen LogP contribution < -0.4 is 4.74 Å². The Balaban J connectivity index is 2.64. The molecule has 1 aromatic carbocycles. The minimum absolute atomic E-state index is 0.256. The number of esters is 1. The van der Waals surface area contributed by atoms with Crippen molar-refractivity contribution >= 4 is 11.9 Å². The summed E-state index contributed by atoms with van der Waals surface area (Å²) in [4.78, 5) is 22.8. The Morgan fingerprint density at radius 1 is 1.21 bits per heavy atom. The van der Waals surface area contributed by atoms with E-state index in [0.717, 1.165) is 0 Å². The second-order valence-corrected chi connectivity index (χ2v) is 5.05. The first kappa shape index (κ1) is 15.0. The van der Waals surface area contributed by atoms with Crippen LogP contribution >= 0.6 is 0 Å². The number of ether oxygens (including phenoxy) is 2. The van der Waals surface area contributed by atoms with Gasteiger partial charge in [-0.05, 0) is 32.9 Å². The maximum atomic E-state index is 11.7. The zero-order valence-corrected chi connectivity index (χ0v) is 11.3. The quantitative estimate of drug-likeness (QED) is 0.652. The van der Waals surface area contributed by atoms with Gasteiger partial charge in [-0.3, -0.25) is 9.59 Å². The van der Waals surface area contributed by atoms with Gasteiger partial charge in [0, 0.05) is 0 Å². The normalized spacial score (nSPS) is 12.6. The Morgan fingerprint density at radius 2 is 1.79 bits per heavy atom. The van der Waals surface area contributed by atoms with E-state index in [0.29, 0.717) is 5.75 Å². The van der Waals surface area contributed by atoms with Crippen LogP contribution in [-0.2, 0) is 14.3 Å². The van der Waals surface area contributed by atoms with Crippen LogP contribution in [0.3, 0.4) is 0 Å². The molecule has 0 aliphatic heterocycles. The van der Waals surface area contributed by atoms with Gasteiger partial charge in [-0.15, -0.1) is 0 Å². The van der Waals surface area contributed by atoms with Gasteiger partial charge in [0.2, 0.25) is 0 Å². The fourth-order valence-electron chi connectivity index (χ4n) is 1.31. The highest BCUT2D eigenvalue weighted by Gasteiger charge is 2.31. The number of aliphatic carboxylic acids is 1. The van der Waals surface area contributed by atoms with Crippen LogP contribution in [-0.4, -0.2) is 29.3 Å². The third kappa shape index (κ3) is 5.42. The lowest BCUT2D eigenvalue weighted by molar-refractivity contribution is -0.168. The number of carbonyl (C=O) groups is 2. The van der Waals surface area contributed by atoms with Crippen LogP contribution in [0.1, 0.15) is 20.8 Å². The number of carbonyl (C=O) groups excluding carboxylic acids is 1. The van der Waals surface area contributed by atoms with Crippen molar-refractivity contribution in [1.29, 1.82) is 0 Å². The lowest BCUT2D eigenvalue weighted by Crippen LogP contribution is -2.36. The number of hydrogen-bond donors (Lipinski definition) is 1. The first-order valence-electron chi connectivity index (χ1n) is 5.93. The van der Waals surface area contributed by atoms with Crippen molar-refractivity contribution in [3.05, 3.63) is 30.3 Å². The molecule has 0 radical (unpaired) electrons. The predicted molar refractivity (Wildman–Crippen MR) is 68.9 cm³/mol. The number of carboxylic acids is 1. The van der Waals surface area contributed by atoms with Crippen molar-refractivity contribution in [2.75, 3.05) is 6.61 Å². The molecule has 1 aromatic rings. The van der Waals surface area contributed by atoms with Crippen molar-refractivity contribution in [2.45, 2.75) is 26.4 Å². The Kier molecular flexibility index (Phi) is 4.92. The molecule has 1 unspecified atom stereocenters. The molecule has 1 N–H and O–H groups in total. The van der Waals surface area contributed by atoms with Crippen LogP contribution in [0.15, 0.2) is 30.3 Å². The standard InChI is InChI=1S/C14H18O5/c1-14(2,3)19-13(17)11(12(15)16)9-18-10-7-5-4-6-8-10/h4-8,11H,9H2,1-3H3,(H,15,16). The Hall–Kier alpha value is -2.04. The molecule has 0 amide bonds. The maximum Gasteiger partial charge on any atom is 0.324 e. The zero-order valence-electron chi connectivity index (χ0n) is 11.3. The molecule has 0 fully saturated rings. The highest BCUT2D eigenvalue weighted by Crippen LogP contribution is 2.14. The smallest absolute Gasteiger partial charge is 0.324 e. The van der Waals surface area contributed by atoms with Crippen LogP contribution in [0.5, 0.6) is 5.75 Å². The summed E-state index contributed by atoms with van der Waals surface area (Å²) >= 11 is 0. The first-order valence-corrected chi connectivity index (χ1v) is 5.93. The molecule has 0 bridgehead atoms. The van der Waals surface area contributed by atoms with Crippen LogP contribution in [0, 0.1) is 5.92 Å². The molecular weight excluding hydrogens is 248 g/mol. The molecule has 1 rings (SSSR count). The summed E-state index contributed by atoms with van der Waals surface area (Å²) in [6.45, 7) is 4.79. The molecule has 0 spiro atoms. The summed E-state index contributed by atoms with van der Waals surface area (Å²) in [5, 5.41) is 9.04.